The minimum atomic E-state index is -0.389. The van der Waals surface area contributed by atoms with Gasteiger partial charge in [0.25, 0.3) is 0 Å². The SMILES string of the molecule is Cc1cc(CNC(=O)C2CCCCC2(C)N)on1. The zero-order valence-electron chi connectivity index (χ0n) is 11.0. The topological polar surface area (TPSA) is 81.2 Å². The summed E-state index contributed by atoms with van der Waals surface area (Å²) in [5.74, 6) is 0.597. The van der Waals surface area contributed by atoms with Gasteiger partial charge >= 0.3 is 0 Å². The van der Waals surface area contributed by atoms with E-state index in [0.717, 1.165) is 31.4 Å². The van der Waals surface area contributed by atoms with E-state index in [1.165, 1.54) is 0 Å². The molecular weight excluding hydrogens is 230 g/mol. The third-order valence-corrected chi connectivity index (χ3v) is 3.68. The van der Waals surface area contributed by atoms with Crippen LogP contribution in [0, 0.1) is 12.8 Å². The lowest BCUT2D eigenvalue weighted by Gasteiger charge is -2.37. The van der Waals surface area contributed by atoms with Gasteiger partial charge in [-0.25, -0.2) is 0 Å². The summed E-state index contributed by atoms with van der Waals surface area (Å²) in [6.45, 7) is 4.20. The summed E-state index contributed by atoms with van der Waals surface area (Å²) in [6, 6.07) is 1.82. The molecule has 5 nitrogen and oxygen atoms in total. The van der Waals surface area contributed by atoms with Crippen LogP contribution in [0.3, 0.4) is 0 Å². The Morgan fingerprint density at radius 2 is 2.44 bits per heavy atom. The summed E-state index contributed by atoms with van der Waals surface area (Å²) in [5.41, 5.74) is 6.63. The number of carbonyl (C=O) groups is 1. The molecule has 2 rings (SSSR count). The minimum Gasteiger partial charge on any atom is -0.359 e. The van der Waals surface area contributed by atoms with E-state index in [1.54, 1.807) is 0 Å². The molecule has 0 radical (unpaired) electrons. The van der Waals surface area contributed by atoms with E-state index in [2.05, 4.69) is 10.5 Å². The Hall–Kier alpha value is -1.36. The maximum atomic E-state index is 12.1. The van der Waals surface area contributed by atoms with Crippen molar-refractivity contribution in [2.75, 3.05) is 0 Å². The highest BCUT2D eigenvalue weighted by Gasteiger charge is 2.37. The molecule has 1 fully saturated rings. The normalized spacial score (nSPS) is 28.1. The van der Waals surface area contributed by atoms with E-state index in [4.69, 9.17) is 10.3 Å². The summed E-state index contributed by atoms with van der Waals surface area (Å²) in [7, 11) is 0. The summed E-state index contributed by atoms with van der Waals surface area (Å²) < 4.78 is 5.06. The van der Waals surface area contributed by atoms with E-state index >= 15 is 0 Å². The minimum absolute atomic E-state index is 0.0220. The molecule has 1 amide bonds. The third kappa shape index (κ3) is 2.90. The second-order valence-electron chi connectivity index (χ2n) is 5.46. The van der Waals surface area contributed by atoms with Crippen molar-refractivity contribution in [1.82, 2.24) is 10.5 Å². The molecule has 1 heterocycles. The number of hydrogen-bond donors (Lipinski definition) is 2. The maximum absolute atomic E-state index is 12.1. The predicted molar refractivity (Wildman–Crippen MR) is 67.6 cm³/mol. The second-order valence-corrected chi connectivity index (χ2v) is 5.46. The van der Waals surface area contributed by atoms with E-state index < -0.39 is 0 Å². The van der Waals surface area contributed by atoms with Crippen LogP contribution in [-0.4, -0.2) is 16.6 Å². The van der Waals surface area contributed by atoms with Gasteiger partial charge in [-0.2, -0.15) is 0 Å². The van der Waals surface area contributed by atoms with Gasteiger partial charge in [0.1, 0.15) is 0 Å². The Morgan fingerprint density at radius 3 is 3.06 bits per heavy atom. The first-order valence-electron chi connectivity index (χ1n) is 6.48. The molecule has 1 aliphatic rings. The molecular formula is C13H21N3O2. The van der Waals surface area contributed by atoms with Gasteiger partial charge in [-0.1, -0.05) is 18.0 Å². The van der Waals surface area contributed by atoms with Crippen LogP contribution in [0.15, 0.2) is 10.6 Å². The zero-order valence-corrected chi connectivity index (χ0v) is 11.0. The molecule has 0 saturated heterocycles. The number of aromatic nitrogens is 1. The van der Waals surface area contributed by atoms with E-state index in [1.807, 2.05) is 19.9 Å². The summed E-state index contributed by atoms with van der Waals surface area (Å²) in [6.07, 6.45) is 3.96. The van der Waals surface area contributed by atoms with Gasteiger partial charge in [0.15, 0.2) is 5.76 Å². The molecule has 0 spiro atoms. The number of nitrogens with two attached hydrogens (primary N) is 1. The monoisotopic (exact) mass is 251 g/mol. The molecule has 100 valence electrons. The molecule has 3 N–H and O–H groups in total. The molecule has 1 aromatic rings. The van der Waals surface area contributed by atoms with Crippen molar-refractivity contribution >= 4 is 5.91 Å². The van der Waals surface area contributed by atoms with Crippen molar-refractivity contribution in [1.29, 1.82) is 0 Å². The van der Waals surface area contributed by atoms with Crippen LogP contribution in [0.2, 0.25) is 0 Å². The molecule has 5 heteroatoms. The van der Waals surface area contributed by atoms with Crippen molar-refractivity contribution in [2.45, 2.75) is 51.6 Å². The van der Waals surface area contributed by atoms with Crippen molar-refractivity contribution < 1.29 is 9.32 Å². The zero-order chi connectivity index (χ0) is 13.2. The largest absolute Gasteiger partial charge is 0.359 e. The number of rotatable bonds is 3. The quantitative estimate of drug-likeness (QED) is 0.853. The Labute approximate surface area is 107 Å². The predicted octanol–water partition coefficient (Wildman–Crippen LogP) is 1.51. The van der Waals surface area contributed by atoms with E-state index in [-0.39, 0.29) is 17.4 Å². The standard InChI is InChI=1S/C13H21N3O2/c1-9-7-10(18-16-9)8-15-12(17)11-5-3-4-6-13(11,2)14/h7,11H,3-6,8,14H2,1-2H3,(H,15,17). The fourth-order valence-corrected chi connectivity index (χ4v) is 2.59. The molecule has 1 aliphatic carbocycles. The molecule has 0 aliphatic heterocycles. The second kappa shape index (κ2) is 5.10. The lowest BCUT2D eigenvalue weighted by molar-refractivity contribution is -0.128. The first kappa shape index (κ1) is 13.1. The highest BCUT2D eigenvalue weighted by atomic mass is 16.5. The molecule has 1 aromatic heterocycles. The molecule has 0 aromatic carbocycles. The average Bonchev–Trinajstić information content (AvgIpc) is 2.71. The van der Waals surface area contributed by atoms with Crippen LogP contribution in [0.25, 0.3) is 0 Å². The highest BCUT2D eigenvalue weighted by Crippen LogP contribution is 2.31. The third-order valence-electron chi connectivity index (χ3n) is 3.68. The number of nitrogens with one attached hydrogen (secondary N) is 1. The first-order valence-corrected chi connectivity index (χ1v) is 6.48. The smallest absolute Gasteiger partial charge is 0.225 e. The van der Waals surface area contributed by atoms with Crippen LogP contribution in [-0.2, 0) is 11.3 Å². The lowest BCUT2D eigenvalue weighted by atomic mass is 9.74. The molecule has 2 unspecified atom stereocenters. The molecule has 18 heavy (non-hydrogen) atoms. The van der Waals surface area contributed by atoms with Crippen LogP contribution < -0.4 is 11.1 Å². The molecule has 0 bridgehead atoms. The van der Waals surface area contributed by atoms with Gasteiger partial charge in [0.2, 0.25) is 5.91 Å². The summed E-state index contributed by atoms with van der Waals surface area (Å²) in [4.78, 5) is 12.1. The summed E-state index contributed by atoms with van der Waals surface area (Å²) in [5, 5.41) is 6.67. The number of carbonyl (C=O) groups excluding carboxylic acids is 1. The number of hydrogen-bond acceptors (Lipinski definition) is 4. The number of aryl methyl sites for hydroxylation is 1. The van der Waals surface area contributed by atoms with E-state index in [0.29, 0.717) is 12.3 Å². The maximum Gasteiger partial charge on any atom is 0.225 e. The van der Waals surface area contributed by atoms with Crippen molar-refractivity contribution in [3.05, 3.63) is 17.5 Å². The average molecular weight is 251 g/mol. The van der Waals surface area contributed by atoms with Gasteiger partial charge in [0, 0.05) is 11.6 Å². The Morgan fingerprint density at radius 1 is 1.67 bits per heavy atom. The van der Waals surface area contributed by atoms with Gasteiger partial charge in [-0.05, 0) is 26.7 Å². The van der Waals surface area contributed by atoms with Gasteiger partial charge < -0.3 is 15.6 Å². The lowest BCUT2D eigenvalue weighted by Crippen LogP contribution is -2.52. The highest BCUT2D eigenvalue weighted by molar-refractivity contribution is 5.80. The fourth-order valence-electron chi connectivity index (χ4n) is 2.59. The summed E-state index contributed by atoms with van der Waals surface area (Å²) >= 11 is 0. The van der Waals surface area contributed by atoms with Gasteiger partial charge in [-0.3, -0.25) is 4.79 Å². The van der Waals surface area contributed by atoms with Crippen LogP contribution in [0.1, 0.15) is 44.1 Å². The molecule has 1 saturated carbocycles. The molecule has 2 atom stereocenters. The van der Waals surface area contributed by atoms with E-state index in [9.17, 15) is 4.79 Å². The van der Waals surface area contributed by atoms with Crippen LogP contribution >= 0.6 is 0 Å². The van der Waals surface area contributed by atoms with Gasteiger partial charge in [0.05, 0.1) is 18.2 Å². The van der Waals surface area contributed by atoms with Crippen LogP contribution in [0.5, 0.6) is 0 Å². The van der Waals surface area contributed by atoms with Crippen LogP contribution in [0.4, 0.5) is 0 Å². The Kier molecular flexibility index (Phi) is 3.71. The Bertz CT molecular complexity index is 426. The number of nitrogens with zero attached hydrogens (tertiary/aromatic N) is 1. The Balaban J connectivity index is 1.91. The first-order chi connectivity index (χ1) is 8.49. The fraction of sp³-hybridized carbons (Fsp3) is 0.692. The van der Waals surface area contributed by atoms with Crippen molar-refractivity contribution in [2.24, 2.45) is 11.7 Å². The van der Waals surface area contributed by atoms with Gasteiger partial charge in [-0.15, -0.1) is 0 Å². The number of amides is 1. The van der Waals surface area contributed by atoms with Crippen molar-refractivity contribution in [3.8, 4) is 0 Å². The van der Waals surface area contributed by atoms with Crippen molar-refractivity contribution in [3.63, 3.8) is 0 Å².